The molecule has 0 spiro atoms. The molecule has 0 fully saturated rings. The van der Waals surface area contributed by atoms with Gasteiger partial charge in [0.05, 0.1) is 12.7 Å². The Morgan fingerprint density at radius 3 is 2.58 bits per heavy atom. The van der Waals surface area contributed by atoms with Crippen LogP contribution in [0.15, 0.2) is 50.9 Å². The van der Waals surface area contributed by atoms with Crippen LogP contribution in [0.2, 0.25) is 0 Å². The van der Waals surface area contributed by atoms with E-state index in [9.17, 15) is 15.3 Å². The number of nitrogens with zero attached hydrogens (tertiary/aromatic N) is 2. The predicted octanol–water partition coefficient (Wildman–Crippen LogP) is 7.16. The molecule has 1 aromatic heterocycles. The maximum Gasteiger partial charge on any atom is 0.266 e. The van der Waals surface area contributed by atoms with Crippen LogP contribution in [-0.2, 0) is 24.2 Å². The second kappa shape index (κ2) is 11.7. The van der Waals surface area contributed by atoms with Gasteiger partial charge in [0, 0.05) is 13.8 Å². The molecule has 1 amide bonds. The lowest BCUT2D eigenvalue weighted by atomic mass is 9.96. The van der Waals surface area contributed by atoms with E-state index in [4.69, 9.17) is 9.47 Å². The van der Waals surface area contributed by atoms with Crippen molar-refractivity contribution in [2.75, 3.05) is 12.4 Å². The average molecular weight is 627 g/mol. The SMILES string of the molecule is COc1cc(/C=C(\C#N)C(=O)Nc2sc3c(c2C#N)CCCC3)c(Br)cc1OCc1ccc(Br)cc1. The number of hydrogen-bond acceptors (Lipinski definition) is 6. The standard InChI is InChI=1S/C27H21Br2N3O3S/c1-34-23-11-17(22(29)12-24(23)35-15-16-6-8-19(28)9-7-16)10-18(13-30)26(33)32-27-21(14-31)20-4-2-3-5-25(20)36-27/h6-12H,2-5,15H2,1H3,(H,32,33)/b18-10+. The number of thiophene rings is 1. The van der Waals surface area contributed by atoms with Gasteiger partial charge in [0.15, 0.2) is 11.5 Å². The minimum Gasteiger partial charge on any atom is -0.493 e. The Labute approximate surface area is 230 Å². The van der Waals surface area contributed by atoms with Gasteiger partial charge in [-0.05, 0) is 72.7 Å². The van der Waals surface area contributed by atoms with Crippen molar-refractivity contribution in [2.45, 2.75) is 32.3 Å². The first-order chi connectivity index (χ1) is 17.4. The Morgan fingerprint density at radius 2 is 1.89 bits per heavy atom. The summed E-state index contributed by atoms with van der Waals surface area (Å²) in [5.74, 6) is 0.432. The van der Waals surface area contributed by atoms with Crippen molar-refractivity contribution < 1.29 is 14.3 Å². The van der Waals surface area contributed by atoms with Crippen LogP contribution in [0, 0.1) is 22.7 Å². The molecule has 0 saturated heterocycles. The second-order valence-corrected chi connectivity index (χ2v) is 11.0. The van der Waals surface area contributed by atoms with Gasteiger partial charge in [-0.2, -0.15) is 10.5 Å². The van der Waals surface area contributed by atoms with Crippen LogP contribution >= 0.6 is 43.2 Å². The highest BCUT2D eigenvalue weighted by molar-refractivity contribution is 9.10. The van der Waals surface area contributed by atoms with Gasteiger partial charge < -0.3 is 14.8 Å². The van der Waals surface area contributed by atoms with Crippen LogP contribution in [-0.4, -0.2) is 13.0 Å². The Morgan fingerprint density at radius 1 is 1.14 bits per heavy atom. The fourth-order valence-corrected chi connectivity index (χ4v) is 5.86. The van der Waals surface area contributed by atoms with E-state index in [0.717, 1.165) is 46.2 Å². The molecular formula is C27H21Br2N3O3S. The summed E-state index contributed by atoms with van der Waals surface area (Å²) < 4.78 is 13.1. The number of carbonyl (C=O) groups excluding carboxylic acids is 1. The molecule has 0 bridgehead atoms. The molecule has 1 aliphatic carbocycles. The Hall–Kier alpha value is -3.11. The van der Waals surface area contributed by atoms with Crippen LogP contribution in [0.5, 0.6) is 11.5 Å². The minimum absolute atomic E-state index is 0.0865. The lowest BCUT2D eigenvalue weighted by Crippen LogP contribution is -2.13. The van der Waals surface area contributed by atoms with Crippen LogP contribution in [0.3, 0.4) is 0 Å². The summed E-state index contributed by atoms with van der Waals surface area (Å²) in [5, 5.41) is 22.6. The van der Waals surface area contributed by atoms with E-state index >= 15 is 0 Å². The molecule has 36 heavy (non-hydrogen) atoms. The third-order valence-electron chi connectivity index (χ3n) is 5.77. The van der Waals surface area contributed by atoms with E-state index in [0.29, 0.717) is 38.7 Å². The highest BCUT2D eigenvalue weighted by Gasteiger charge is 2.23. The van der Waals surface area contributed by atoms with Crippen LogP contribution in [0.25, 0.3) is 6.08 Å². The zero-order valence-corrected chi connectivity index (χ0v) is 23.3. The fourth-order valence-electron chi connectivity index (χ4n) is 3.92. The fraction of sp³-hybridized carbons (Fsp3) is 0.222. The van der Waals surface area contributed by atoms with E-state index in [2.05, 4.69) is 43.2 Å². The molecule has 1 aliphatic rings. The second-order valence-electron chi connectivity index (χ2n) is 8.09. The number of carbonyl (C=O) groups is 1. The Balaban J connectivity index is 1.55. The number of nitrogens with one attached hydrogen (secondary N) is 1. The van der Waals surface area contributed by atoms with Gasteiger partial charge in [0.25, 0.3) is 5.91 Å². The number of methoxy groups -OCH3 is 1. The number of aryl methyl sites for hydroxylation is 1. The summed E-state index contributed by atoms with van der Waals surface area (Å²) in [6.07, 6.45) is 5.35. The largest absolute Gasteiger partial charge is 0.493 e. The number of fused-ring (bicyclic) bond motifs is 1. The lowest BCUT2D eigenvalue weighted by Gasteiger charge is -2.13. The lowest BCUT2D eigenvalue weighted by molar-refractivity contribution is -0.112. The Bertz CT molecular complexity index is 1420. The third kappa shape index (κ3) is 5.82. The van der Waals surface area contributed by atoms with Gasteiger partial charge in [-0.25, -0.2) is 0 Å². The molecule has 0 radical (unpaired) electrons. The molecule has 0 atom stereocenters. The van der Waals surface area contributed by atoms with E-state index < -0.39 is 5.91 Å². The number of amides is 1. The zero-order valence-electron chi connectivity index (χ0n) is 19.4. The number of halogens is 2. The van der Waals surface area contributed by atoms with Gasteiger partial charge in [-0.15, -0.1) is 11.3 Å². The van der Waals surface area contributed by atoms with Crippen LogP contribution in [0.4, 0.5) is 5.00 Å². The van der Waals surface area contributed by atoms with Gasteiger partial charge in [-0.1, -0.05) is 44.0 Å². The number of hydrogen-bond donors (Lipinski definition) is 1. The smallest absolute Gasteiger partial charge is 0.266 e. The summed E-state index contributed by atoms with van der Waals surface area (Å²) in [6.45, 7) is 0.350. The topological polar surface area (TPSA) is 95.1 Å². The molecule has 3 aromatic rings. The molecular weight excluding hydrogens is 606 g/mol. The van der Waals surface area contributed by atoms with Gasteiger partial charge in [0.1, 0.15) is 29.3 Å². The predicted molar refractivity (Wildman–Crippen MR) is 147 cm³/mol. The molecule has 6 nitrogen and oxygen atoms in total. The highest BCUT2D eigenvalue weighted by Crippen LogP contribution is 2.38. The van der Waals surface area contributed by atoms with Crippen molar-refractivity contribution in [2.24, 2.45) is 0 Å². The van der Waals surface area contributed by atoms with E-state index in [1.165, 1.54) is 24.5 Å². The van der Waals surface area contributed by atoms with Crippen molar-refractivity contribution in [3.8, 4) is 23.6 Å². The first kappa shape index (κ1) is 26.0. The average Bonchev–Trinajstić information content (AvgIpc) is 3.24. The van der Waals surface area contributed by atoms with Gasteiger partial charge >= 0.3 is 0 Å². The first-order valence-electron chi connectivity index (χ1n) is 11.2. The quantitative estimate of drug-likeness (QED) is 0.222. The summed E-state index contributed by atoms with van der Waals surface area (Å²) in [5.41, 5.74) is 3.03. The molecule has 0 aliphatic heterocycles. The molecule has 1 heterocycles. The summed E-state index contributed by atoms with van der Waals surface area (Å²) in [4.78, 5) is 14.1. The van der Waals surface area contributed by atoms with Crippen molar-refractivity contribution in [3.63, 3.8) is 0 Å². The van der Waals surface area contributed by atoms with E-state index in [1.54, 1.807) is 12.1 Å². The highest BCUT2D eigenvalue weighted by atomic mass is 79.9. The van der Waals surface area contributed by atoms with E-state index in [1.807, 2.05) is 30.3 Å². The van der Waals surface area contributed by atoms with Crippen molar-refractivity contribution >= 4 is 60.2 Å². The molecule has 9 heteroatoms. The maximum absolute atomic E-state index is 13.0. The molecule has 182 valence electrons. The Kier molecular flexibility index (Phi) is 8.48. The number of ether oxygens (including phenoxy) is 2. The van der Waals surface area contributed by atoms with Gasteiger partial charge in [-0.3, -0.25) is 4.79 Å². The number of nitriles is 2. The van der Waals surface area contributed by atoms with E-state index in [-0.39, 0.29) is 5.57 Å². The molecule has 0 unspecified atom stereocenters. The normalized spacial score (nSPS) is 12.8. The molecule has 0 saturated carbocycles. The molecule has 2 aromatic carbocycles. The first-order valence-corrected chi connectivity index (χ1v) is 13.6. The minimum atomic E-state index is -0.561. The maximum atomic E-state index is 13.0. The summed E-state index contributed by atoms with van der Waals surface area (Å²) >= 11 is 8.36. The zero-order chi connectivity index (χ0) is 25.7. The molecule has 4 rings (SSSR count). The number of rotatable bonds is 7. The van der Waals surface area contributed by atoms with Gasteiger partial charge in [0.2, 0.25) is 0 Å². The summed E-state index contributed by atoms with van der Waals surface area (Å²) in [7, 11) is 1.53. The van der Waals surface area contributed by atoms with Crippen molar-refractivity contribution in [3.05, 3.63) is 78.0 Å². The van der Waals surface area contributed by atoms with Crippen molar-refractivity contribution in [1.82, 2.24) is 0 Å². The van der Waals surface area contributed by atoms with Crippen LogP contribution in [0.1, 0.15) is 40.0 Å². The van der Waals surface area contributed by atoms with Crippen LogP contribution < -0.4 is 14.8 Å². The monoisotopic (exact) mass is 625 g/mol. The summed E-state index contributed by atoms with van der Waals surface area (Å²) in [6, 6.07) is 15.5. The third-order valence-corrected chi connectivity index (χ3v) is 8.19. The molecule has 1 N–H and O–H groups in total. The number of anilines is 1. The number of benzene rings is 2. The van der Waals surface area contributed by atoms with Crippen molar-refractivity contribution in [1.29, 1.82) is 10.5 Å².